The first-order valence-electron chi connectivity index (χ1n) is 6.77. The molecule has 2 saturated heterocycles. The standard InChI is InChI=1S/C12H23N.C2H6/c1-9-7-10-5-6-11(8-9)13(10)12(2,3)4;1-2/h9-11H,5-8H2,1-4H3;1-2H3/t9?,10-,11+;. The molecule has 0 aromatic heterocycles. The molecule has 2 fully saturated rings. The van der Waals surface area contributed by atoms with Crippen LogP contribution in [0.3, 0.4) is 0 Å². The van der Waals surface area contributed by atoms with Crippen molar-refractivity contribution in [2.24, 2.45) is 5.92 Å². The topological polar surface area (TPSA) is 3.24 Å². The lowest BCUT2D eigenvalue weighted by Gasteiger charge is -2.46. The fourth-order valence-electron chi connectivity index (χ4n) is 3.54. The lowest BCUT2D eigenvalue weighted by molar-refractivity contribution is 0.0258. The highest BCUT2D eigenvalue weighted by atomic mass is 15.3. The van der Waals surface area contributed by atoms with Crippen LogP contribution in [0.2, 0.25) is 0 Å². The molecule has 0 spiro atoms. The zero-order valence-corrected chi connectivity index (χ0v) is 11.5. The van der Waals surface area contributed by atoms with Gasteiger partial charge in [0, 0.05) is 17.6 Å². The first kappa shape index (κ1) is 13.0. The Balaban J connectivity index is 0.000000531. The van der Waals surface area contributed by atoms with Crippen LogP contribution >= 0.6 is 0 Å². The predicted octanol–water partition coefficient (Wildman–Crippen LogP) is 4.07. The minimum absolute atomic E-state index is 0.395. The Hall–Kier alpha value is -0.0400. The van der Waals surface area contributed by atoms with E-state index >= 15 is 0 Å². The Kier molecular flexibility index (Phi) is 4.22. The molecule has 1 heteroatoms. The van der Waals surface area contributed by atoms with Crippen molar-refractivity contribution in [3.05, 3.63) is 0 Å². The summed E-state index contributed by atoms with van der Waals surface area (Å²) in [5, 5.41) is 0. The molecule has 0 saturated carbocycles. The molecule has 0 aromatic rings. The van der Waals surface area contributed by atoms with E-state index in [9.17, 15) is 0 Å². The Morgan fingerprint density at radius 1 is 0.933 bits per heavy atom. The van der Waals surface area contributed by atoms with E-state index in [1.54, 1.807) is 0 Å². The van der Waals surface area contributed by atoms with E-state index in [1.807, 2.05) is 13.8 Å². The molecular weight excluding hydrogens is 182 g/mol. The van der Waals surface area contributed by atoms with Crippen molar-refractivity contribution in [3.8, 4) is 0 Å². The van der Waals surface area contributed by atoms with Gasteiger partial charge in [0.1, 0.15) is 0 Å². The molecule has 1 unspecified atom stereocenters. The lowest BCUT2D eigenvalue weighted by Crippen LogP contribution is -2.52. The highest BCUT2D eigenvalue weighted by molar-refractivity contribution is 4.99. The van der Waals surface area contributed by atoms with E-state index in [0.717, 1.165) is 18.0 Å². The predicted molar refractivity (Wildman–Crippen MR) is 68.1 cm³/mol. The van der Waals surface area contributed by atoms with E-state index in [0.29, 0.717) is 5.54 Å². The van der Waals surface area contributed by atoms with Gasteiger partial charge in [-0.05, 0) is 52.4 Å². The summed E-state index contributed by atoms with van der Waals surface area (Å²) < 4.78 is 0. The van der Waals surface area contributed by atoms with Crippen LogP contribution in [0.15, 0.2) is 0 Å². The van der Waals surface area contributed by atoms with Crippen molar-refractivity contribution < 1.29 is 0 Å². The number of rotatable bonds is 0. The second-order valence-corrected chi connectivity index (χ2v) is 6.04. The smallest absolute Gasteiger partial charge is 0.0130 e. The summed E-state index contributed by atoms with van der Waals surface area (Å²) in [6.45, 7) is 13.5. The van der Waals surface area contributed by atoms with Crippen molar-refractivity contribution in [3.63, 3.8) is 0 Å². The highest BCUT2D eigenvalue weighted by Gasteiger charge is 2.43. The molecule has 2 heterocycles. The highest BCUT2D eigenvalue weighted by Crippen LogP contribution is 2.42. The van der Waals surface area contributed by atoms with Crippen LogP contribution in [0.25, 0.3) is 0 Å². The molecule has 90 valence electrons. The minimum Gasteiger partial charge on any atom is -0.293 e. The number of hydrogen-bond donors (Lipinski definition) is 0. The normalized spacial score (nSPS) is 36.0. The third kappa shape index (κ3) is 2.75. The van der Waals surface area contributed by atoms with Gasteiger partial charge in [0.05, 0.1) is 0 Å². The van der Waals surface area contributed by atoms with Crippen molar-refractivity contribution in [2.45, 2.75) is 84.8 Å². The zero-order chi connectivity index (χ0) is 11.6. The van der Waals surface area contributed by atoms with E-state index in [-0.39, 0.29) is 0 Å². The summed E-state index contributed by atoms with van der Waals surface area (Å²) >= 11 is 0. The second-order valence-electron chi connectivity index (χ2n) is 6.04. The van der Waals surface area contributed by atoms with Crippen molar-refractivity contribution in [1.82, 2.24) is 4.90 Å². The molecule has 2 aliphatic heterocycles. The molecule has 0 N–H and O–H groups in total. The van der Waals surface area contributed by atoms with Gasteiger partial charge >= 0.3 is 0 Å². The number of fused-ring (bicyclic) bond motifs is 2. The maximum Gasteiger partial charge on any atom is 0.0130 e. The maximum absolute atomic E-state index is 2.78. The SMILES string of the molecule is CC.CC1C[C@H]2CC[C@@H](C1)N2C(C)(C)C. The summed E-state index contributed by atoms with van der Waals surface area (Å²) in [4.78, 5) is 2.78. The molecule has 0 radical (unpaired) electrons. The van der Waals surface area contributed by atoms with Gasteiger partial charge in [-0.15, -0.1) is 0 Å². The van der Waals surface area contributed by atoms with Gasteiger partial charge in [-0.25, -0.2) is 0 Å². The Morgan fingerprint density at radius 2 is 1.33 bits per heavy atom. The van der Waals surface area contributed by atoms with Crippen molar-refractivity contribution in [1.29, 1.82) is 0 Å². The van der Waals surface area contributed by atoms with Gasteiger partial charge in [0.25, 0.3) is 0 Å². The maximum atomic E-state index is 2.78. The monoisotopic (exact) mass is 211 g/mol. The molecule has 0 aliphatic carbocycles. The first-order valence-corrected chi connectivity index (χ1v) is 6.77. The summed E-state index contributed by atoms with van der Waals surface area (Å²) in [6, 6.07) is 1.79. The Labute approximate surface area is 96.2 Å². The van der Waals surface area contributed by atoms with Crippen LogP contribution in [-0.2, 0) is 0 Å². The largest absolute Gasteiger partial charge is 0.293 e. The molecule has 15 heavy (non-hydrogen) atoms. The van der Waals surface area contributed by atoms with Crippen LogP contribution in [-0.4, -0.2) is 22.5 Å². The Morgan fingerprint density at radius 3 is 1.67 bits per heavy atom. The van der Waals surface area contributed by atoms with Gasteiger partial charge in [-0.3, -0.25) is 4.90 Å². The van der Waals surface area contributed by atoms with Gasteiger partial charge in [-0.1, -0.05) is 20.8 Å². The molecule has 0 aromatic carbocycles. The van der Waals surface area contributed by atoms with Crippen LogP contribution in [0.1, 0.15) is 67.2 Å². The van der Waals surface area contributed by atoms with Crippen LogP contribution in [0.5, 0.6) is 0 Å². The van der Waals surface area contributed by atoms with Gasteiger partial charge in [0.15, 0.2) is 0 Å². The van der Waals surface area contributed by atoms with Crippen molar-refractivity contribution >= 4 is 0 Å². The Bertz CT molecular complexity index is 178. The summed E-state index contributed by atoms with van der Waals surface area (Å²) in [7, 11) is 0. The van der Waals surface area contributed by atoms with Gasteiger partial charge in [-0.2, -0.15) is 0 Å². The number of hydrogen-bond acceptors (Lipinski definition) is 1. The molecule has 1 nitrogen and oxygen atoms in total. The zero-order valence-electron chi connectivity index (χ0n) is 11.5. The van der Waals surface area contributed by atoms with Crippen LogP contribution < -0.4 is 0 Å². The third-order valence-electron chi connectivity index (χ3n) is 3.74. The third-order valence-corrected chi connectivity index (χ3v) is 3.74. The van der Waals surface area contributed by atoms with E-state index in [2.05, 4.69) is 32.6 Å². The number of nitrogens with zero attached hydrogens (tertiary/aromatic N) is 1. The molecule has 2 rings (SSSR count). The average Bonchev–Trinajstić information content (AvgIpc) is 2.42. The fraction of sp³-hybridized carbons (Fsp3) is 1.00. The summed E-state index contributed by atoms with van der Waals surface area (Å²) in [6.07, 6.45) is 5.78. The molecular formula is C14H29N. The van der Waals surface area contributed by atoms with Crippen molar-refractivity contribution in [2.75, 3.05) is 0 Å². The van der Waals surface area contributed by atoms with E-state index in [1.165, 1.54) is 25.7 Å². The summed E-state index contributed by atoms with van der Waals surface area (Å²) in [5.74, 6) is 0.969. The fourth-order valence-corrected chi connectivity index (χ4v) is 3.54. The molecule has 3 atom stereocenters. The quantitative estimate of drug-likeness (QED) is 0.584. The first-order chi connectivity index (χ1) is 6.98. The minimum atomic E-state index is 0.395. The average molecular weight is 211 g/mol. The molecule has 2 bridgehead atoms. The van der Waals surface area contributed by atoms with Gasteiger partial charge < -0.3 is 0 Å². The second kappa shape index (κ2) is 4.86. The molecule has 0 amide bonds. The van der Waals surface area contributed by atoms with Crippen LogP contribution in [0.4, 0.5) is 0 Å². The summed E-state index contributed by atoms with van der Waals surface area (Å²) in [5.41, 5.74) is 0.395. The van der Waals surface area contributed by atoms with E-state index in [4.69, 9.17) is 0 Å². The van der Waals surface area contributed by atoms with Gasteiger partial charge in [0.2, 0.25) is 0 Å². The van der Waals surface area contributed by atoms with E-state index < -0.39 is 0 Å². The molecule has 2 aliphatic rings. The lowest BCUT2D eigenvalue weighted by atomic mass is 9.88. The number of piperidine rings is 1. The van der Waals surface area contributed by atoms with Crippen LogP contribution in [0, 0.1) is 5.92 Å².